The maximum Gasteiger partial charge on any atom is 0.325 e. The summed E-state index contributed by atoms with van der Waals surface area (Å²) in [6, 6.07) is 2.91. The van der Waals surface area contributed by atoms with Crippen LogP contribution in [-0.2, 0) is 0 Å². The van der Waals surface area contributed by atoms with Crippen molar-refractivity contribution in [3.63, 3.8) is 0 Å². The van der Waals surface area contributed by atoms with Crippen LogP contribution in [0.15, 0.2) is 12.1 Å². The Balaban J connectivity index is 2.17. The van der Waals surface area contributed by atoms with E-state index in [1.165, 1.54) is 32.7 Å². The lowest BCUT2D eigenvalue weighted by atomic mass is 10.2. The van der Waals surface area contributed by atoms with Crippen LogP contribution < -0.4 is 24.8 Å². The highest BCUT2D eigenvalue weighted by Crippen LogP contribution is 2.39. The predicted molar refractivity (Wildman–Crippen MR) is 90.3 cm³/mol. The summed E-state index contributed by atoms with van der Waals surface area (Å²) in [7, 11) is 4.55. The molecule has 0 radical (unpaired) electrons. The monoisotopic (exact) mass is 337 g/mol. The van der Waals surface area contributed by atoms with Gasteiger partial charge in [-0.3, -0.25) is 5.32 Å². The maximum absolute atomic E-state index is 12.1. The molecule has 8 heteroatoms. The highest BCUT2D eigenvalue weighted by molar-refractivity contribution is 7.15. The van der Waals surface area contributed by atoms with Crippen molar-refractivity contribution in [2.24, 2.45) is 0 Å². The third-order valence-electron chi connectivity index (χ3n) is 3.17. The molecule has 0 fully saturated rings. The zero-order valence-electron chi connectivity index (χ0n) is 13.6. The number of amides is 2. The molecule has 2 amide bonds. The van der Waals surface area contributed by atoms with E-state index in [2.05, 4.69) is 15.6 Å². The average Bonchev–Trinajstić information content (AvgIpc) is 2.83. The molecule has 124 valence electrons. The molecular formula is C15H19N3O4S. The van der Waals surface area contributed by atoms with Crippen molar-refractivity contribution in [3.05, 3.63) is 22.7 Å². The molecule has 0 spiro atoms. The van der Waals surface area contributed by atoms with Crippen LogP contribution >= 0.6 is 11.3 Å². The topological polar surface area (TPSA) is 81.7 Å². The molecule has 1 aromatic carbocycles. The summed E-state index contributed by atoms with van der Waals surface area (Å²) >= 11 is 1.42. The Hall–Kier alpha value is -2.48. The minimum absolute atomic E-state index is 0.395. The van der Waals surface area contributed by atoms with Crippen molar-refractivity contribution in [2.75, 3.05) is 32.0 Å². The van der Waals surface area contributed by atoms with E-state index in [1.807, 2.05) is 13.8 Å². The number of nitrogens with zero attached hydrogens (tertiary/aromatic N) is 1. The van der Waals surface area contributed by atoms with Gasteiger partial charge in [0.05, 0.1) is 32.7 Å². The van der Waals surface area contributed by atoms with Gasteiger partial charge < -0.3 is 19.5 Å². The number of aromatic nitrogens is 1. The minimum Gasteiger partial charge on any atom is -0.493 e. The molecule has 0 saturated carbocycles. The smallest absolute Gasteiger partial charge is 0.325 e. The fourth-order valence-corrected chi connectivity index (χ4v) is 2.75. The molecule has 0 atom stereocenters. The summed E-state index contributed by atoms with van der Waals surface area (Å²) in [5.74, 6) is 1.39. The van der Waals surface area contributed by atoms with Crippen LogP contribution in [0, 0.1) is 13.8 Å². The first kappa shape index (κ1) is 16.9. The van der Waals surface area contributed by atoms with Gasteiger partial charge in [-0.2, -0.15) is 0 Å². The first-order valence-electron chi connectivity index (χ1n) is 6.80. The number of hydrogen-bond donors (Lipinski definition) is 2. The third-order valence-corrected chi connectivity index (χ3v) is 4.16. The van der Waals surface area contributed by atoms with Crippen molar-refractivity contribution >= 4 is 28.2 Å². The van der Waals surface area contributed by atoms with Crippen molar-refractivity contribution in [1.82, 2.24) is 4.98 Å². The summed E-state index contributed by atoms with van der Waals surface area (Å²) in [5, 5.41) is 5.97. The molecule has 0 unspecified atom stereocenters. The average molecular weight is 337 g/mol. The van der Waals surface area contributed by atoms with E-state index in [0.717, 1.165) is 10.6 Å². The van der Waals surface area contributed by atoms with Gasteiger partial charge in [-0.05, 0) is 13.8 Å². The van der Waals surface area contributed by atoms with E-state index in [4.69, 9.17) is 14.2 Å². The summed E-state index contributed by atoms with van der Waals surface area (Å²) in [6.07, 6.45) is 0. The van der Waals surface area contributed by atoms with Crippen LogP contribution in [0.3, 0.4) is 0 Å². The lowest BCUT2D eigenvalue weighted by Crippen LogP contribution is -2.19. The second-order valence-electron chi connectivity index (χ2n) is 4.65. The van der Waals surface area contributed by atoms with E-state index < -0.39 is 6.03 Å². The second kappa shape index (κ2) is 7.19. The SMILES string of the molecule is COc1cc(NC(=O)Nc2nc(C)c(C)s2)cc(OC)c1OC. The Labute approximate surface area is 138 Å². The third kappa shape index (κ3) is 3.84. The van der Waals surface area contributed by atoms with Crippen LogP contribution in [0.2, 0.25) is 0 Å². The van der Waals surface area contributed by atoms with Crippen molar-refractivity contribution in [1.29, 1.82) is 0 Å². The Kier molecular flexibility index (Phi) is 5.28. The van der Waals surface area contributed by atoms with Crippen molar-refractivity contribution in [3.8, 4) is 17.2 Å². The van der Waals surface area contributed by atoms with Crippen molar-refractivity contribution < 1.29 is 19.0 Å². The van der Waals surface area contributed by atoms with Crippen molar-refractivity contribution in [2.45, 2.75) is 13.8 Å². The molecule has 1 aromatic heterocycles. The van der Waals surface area contributed by atoms with Crippen LogP contribution in [0.5, 0.6) is 17.2 Å². The molecule has 1 heterocycles. The number of ether oxygens (including phenoxy) is 3. The Morgan fingerprint density at radius 2 is 1.65 bits per heavy atom. The van der Waals surface area contributed by atoms with Crippen LogP contribution in [0.1, 0.15) is 10.6 Å². The van der Waals surface area contributed by atoms with Gasteiger partial charge in [0.1, 0.15) is 0 Å². The molecule has 2 rings (SSSR count). The zero-order chi connectivity index (χ0) is 17.0. The van der Waals surface area contributed by atoms with E-state index in [9.17, 15) is 4.79 Å². The highest BCUT2D eigenvalue weighted by atomic mass is 32.1. The number of carbonyl (C=O) groups is 1. The molecule has 0 aliphatic carbocycles. The molecule has 0 bridgehead atoms. The number of thiazole rings is 1. The number of nitrogens with one attached hydrogen (secondary N) is 2. The van der Waals surface area contributed by atoms with Crippen LogP contribution in [0.25, 0.3) is 0 Å². The largest absolute Gasteiger partial charge is 0.493 e. The van der Waals surface area contributed by atoms with Crippen LogP contribution in [-0.4, -0.2) is 32.3 Å². The van der Waals surface area contributed by atoms with Gasteiger partial charge in [-0.15, -0.1) is 11.3 Å². The number of aryl methyl sites for hydroxylation is 2. The number of benzene rings is 1. The van der Waals surface area contributed by atoms with Gasteiger partial charge in [-0.25, -0.2) is 9.78 Å². The normalized spacial score (nSPS) is 10.1. The van der Waals surface area contributed by atoms with Gasteiger partial charge in [0.15, 0.2) is 16.6 Å². The number of anilines is 2. The van der Waals surface area contributed by atoms with E-state index >= 15 is 0 Å². The van der Waals surface area contributed by atoms with Gasteiger partial charge in [0, 0.05) is 17.0 Å². The number of carbonyl (C=O) groups excluding carboxylic acids is 1. The highest BCUT2D eigenvalue weighted by Gasteiger charge is 2.15. The summed E-state index contributed by atoms with van der Waals surface area (Å²) < 4.78 is 15.7. The van der Waals surface area contributed by atoms with Gasteiger partial charge in [0.2, 0.25) is 5.75 Å². The molecule has 2 N–H and O–H groups in total. The first-order valence-corrected chi connectivity index (χ1v) is 7.62. The second-order valence-corrected chi connectivity index (χ2v) is 5.86. The lowest BCUT2D eigenvalue weighted by Gasteiger charge is -2.14. The molecular weight excluding hydrogens is 318 g/mol. The Morgan fingerprint density at radius 1 is 1.04 bits per heavy atom. The number of urea groups is 1. The fraction of sp³-hybridized carbons (Fsp3) is 0.333. The molecule has 0 aliphatic heterocycles. The standard InChI is InChI=1S/C15H19N3O4S/c1-8-9(2)23-15(16-8)18-14(19)17-10-6-11(20-3)13(22-5)12(7-10)21-4/h6-7H,1-5H3,(H2,16,17,18,19). The van der Waals surface area contributed by atoms with Gasteiger partial charge in [0.25, 0.3) is 0 Å². The quantitative estimate of drug-likeness (QED) is 0.873. The molecule has 0 saturated heterocycles. The summed E-state index contributed by atoms with van der Waals surface area (Å²) in [4.78, 5) is 17.4. The van der Waals surface area contributed by atoms with E-state index in [-0.39, 0.29) is 0 Å². The molecule has 7 nitrogen and oxygen atoms in total. The van der Waals surface area contributed by atoms with E-state index in [0.29, 0.717) is 28.1 Å². The van der Waals surface area contributed by atoms with Gasteiger partial charge in [-0.1, -0.05) is 0 Å². The molecule has 0 aliphatic rings. The predicted octanol–water partition coefficient (Wildman–Crippen LogP) is 3.43. The van der Waals surface area contributed by atoms with E-state index in [1.54, 1.807) is 12.1 Å². The number of rotatable bonds is 5. The van der Waals surface area contributed by atoms with Crippen LogP contribution in [0.4, 0.5) is 15.6 Å². The zero-order valence-corrected chi connectivity index (χ0v) is 14.5. The summed E-state index contributed by atoms with van der Waals surface area (Å²) in [6.45, 7) is 3.85. The Morgan fingerprint density at radius 3 is 2.09 bits per heavy atom. The lowest BCUT2D eigenvalue weighted by molar-refractivity contribution is 0.262. The maximum atomic E-state index is 12.1. The van der Waals surface area contributed by atoms with Gasteiger partial charge >= 0.3 is 6.03 Å². The summed E-state index contributed by atoms with van der Waals surface area (Å²) in [5.41, 5.74) is 1.42. The first-order chi connectivity index (χ1) is 11.0. The molecule has 2 aromatic rings. The number of hydrogen-bond acceptors (Lipinski definition) is 6. The molecule has 23 heavy (non-hydrogen) atoms. The minimum atomic E-state index is -0.395. The number of methoxy groups -OCH3 is 3. The Bertz CT molecular complexity index is 670. The fourth-order valence-electron chi connectivity index (χ4n) is 1.94.